The molecule has 0 bridgehead atoms. The first-order chi connectivity index (χ1) is 9.68. The Bertz CT molecular complexity index is 540. The first kappa shape index (κ1) is 13.5. The van der Waals surface area contributed by atoms with E-state index in [0.29, 0.717) is 6.54 Å². The van der Waals surface area contributed by atoms with Crippen LogP contribution < -0.4 is 0 Å². The monoisotopic (exact) mass is 291 g/mol. The zero-order valence-corrected chi connectivity index (χ0v) is 11.9. The highest BCUT2D eigenvalue weighted by molar-refractivity contribution is 8.00. The molecule has 106 valence electrons. The molecule has 0 spiro atoms. The molecule has 0 radical (unpaired) electrons. The Balaban J connectivity index is 1.92. The number of hydrogen-bond acceptors (Lipinski definition) is 3. The van der Waals surface area contributed by atoms with E-state index in [1.54, 1.807) is 16.7 Å². The Morgan fingerprint density at radius 2 is 2.10 bits per heavy atom. The maximum absolute atomic E-state index is 12.6. The van der Waals surface area contributed by atoms with Crippen LogP contribution in [0.2, 0.25) is 0 Å². The van der Waals surface area contributed by atoms with Gasteiger partial charge in [0.15, 0.2) is 6.04 Å². The quantitative estimate of drug-likeness (QED) is 0.906. The Labute approximate surface area is 122 Å². The van der Waals surface area contributed by atoms with E-state index < -0.39 is 12.0 Å². The minimum atomic E-state index is -0.937. The fourth-order valence-electron chi connectivity index (χ4n) is 3.03. The summed E-state index contributed by atoms with van der Waals surface area (Å²) >= 11 is 1.66. The van der Waals surface area contributed by atoms with E-state index in [1.807, 2.05) is 24.3 Å². The Hall–Kier alpha value is -1.49. The summed E-state index contributed by atoms with van der Waals surface area (Å²) in [6.07, 6.45) is 2.65. The minimum Gasteiger partial charge on any atom is -0.479 e. The molecule has 1 aromatic carbocycles. The van der Waals surface area contributed by atoms with Gasteiger partial charge in [-0.05, 0) is 36.1 Å². The minimum absolute atomic E-state index is 0.00518. The van der Waals surface area contributed by atoms with Crippen LogP contribution in [-0.2, 0) is 16.0 Å². The van der Waals surface area contributed by atoms with E-state index in [4.69, 9.17) is 0 Å². The lowest BCUT2D eigenvalue weighted by Crippen LogP contribution is -2.46. The molecule has 2 unspecified atom stereocenters. The molecule has 2 heterocycles. The largest absolute Gasteiger partial charge is 0.479 e. The molecule has 1 fully saturated rings. The molecule has 1 amide bonds. The van der Waals surface area contributed by atoms with Crippen molar-refractivity contribution in [2.75, 3.05) is 12.3 Å². The lowest BCUT2D eigenvalue weighted by molar-refractivity contribution is -0.151. The van der Waals surface area contributed by atoms with Gasteiger partial charge < -0.3 is 10.0 Å². The summed E-state index contributed by atoms with van der Waals surface area (Å²) in [6, 6.07) is 6.72. The molecule has 1 saturated heterocycles. The van der Waals surface area contributed by atoms with Crippen LogP contribution in [0.1, 0.15) is 30.0 Å². The number of benzene rings is 1. The molecule has 2 aliphatic heterocycles. The van der Waals surface area contributed by atoms with Gasteiger partial charge in [-0.25, -0.2) is 4.79 Å². The predicted molar refractivity (Wildman–Crippen MR) is 77.7 cm³/mol. The van der Waals surface area contributed by atoms with E-state index in [2.05, 4.69) is 0 Å². The van der Waals surface area contributed by atoms with Crippen LogP contribution in [0.3, 0.4) is 0 Å². The smallest absolute Gasteiger partial charge is 0.331 e. The lowest BCUT2D eigenvalue weighted by atomic mass is 9.92. The first-order valence-corrected chi connectivity index (χ1v) is 7.96. The molecule has 5 heteroatoms. The van der Waals surface area contributed by atoms with Crippen molar-refractivity contribution < 1.29 is 14.7 Å². The number of carbonyl (C=O) groups is 2. The molecule has 0 saturated carbocycles. The second-order valence-electron chi connectivity index (χ2n) is 5.22. The van der Waals surface area contributed by atoms with Crippen LogP contribution in [0.25, 0.3) is 0 Å². The second kappa shape index (κ2) is 5.48. The third-order valence-electron chi connectivity index (χ3n) is 4.01. The van der Waals surface area contributed by atoms with Crippen LogP contribution in [0.5, 0.6) is 0 Å². The van der Waals surface area contributed by atoms with Crippen molar-refractivity contribution in [3.8, 4) is 0 Å². The summed E-state index contributed by atoms with van der Waals surface area (Å²) in [7, 11) is 0. The molecule has 1 N–H and O–H groups in total. The normalized spacial score (nSPS) is 25.3. The molecule has 4 nitrogen and oxygen atoms in total. The van der Waals surface area contributed by atoms with Gasteiger partial charge in [-0.2, -0.15) is 0 Å². The zero-order valence-electron chi connectivity index (χ0n) is 11.1. The molecule has 2 aliphatic rings. The van der Waals surface area contributed by atoms with E-state index in [0.717, 1.165) is 36.1 Å². The van der Waals surface area contributed by atoms with E-state index in [1.165, 1.54) is 0 Å². The zero-order chi connectivity index (χ0) is 14.1. The summed E-state index contributed by atoms with van der Waals surface area (Å²) in [5.41, 5.74) is 1.81. The summed E-state index contributed by atoms with van der Waals surface area (Å²) < 4.78 is 0. The molecule has 0 aromatic heterocycles. The van der Waals surface area contributed by atoms with Crippen molar-refractivity contribution in [2.24, 2.45) is 0 Å². The molecular weight excluding hydrogens is 274 g/mol. The standard InChI is InChI=1S/C15H17NO3S/c17-14(12-6-3-9-20-12)16-8-7-10-4-1-2-5-11(10)13(16)15(18)19/h1-2,4-5,12-13H,3,6-9H2,(H,18,19). The summed E-state index contributed by atoms with van der Waals surface area (Å²) in [5, 5.41) is 9.49. The molecule has 0 aliphatic carbocycles. The predicted octanol–water partition coefficient (Wildman–Crippen LogP) is 2.09. The van der Waals surface area contributed by atoms with Gasteiger partial charge in [0.1, 0.15) is 0 Å². The third kappa shape index (κ3) is 2.30. The summed E-state index contributed by atoms with van der Waals surface area (Å²) in [4.78, 5) is 25.8. The number of carboxylic acids is 1. The van der Waals surface area contributed by atoms with Crippen LogP contribution in [-0.4, -0.2) is 39.4 Å². The van der Waals surface area contributed by atoms with Crippen molar-refractivity contribution in [1.29, 1.82) is 0 Å². The Morgan fingerprint density at radius 1 is 1.30 bits per heavy atom. The molecule has 3 rings (SSSR count). The SMILES string of the molecule is O=C(O)C1c2ccccc2CCN1C(=O)C1CCCS1. The van der Waals surface area contributed by atoms with Gasteiger partial charge in [-0.1, -0.05) is 24.3 Å². The first-order valence-electron chi connectivity index (χ1n) is 6.91. The number of amides is 1. The highest BCUT2D eigenvalue weighted by Crippen LogP contribution is 2.34. The fraction of sp³-hybridized carbons (Fsp3) is 0.467. The molecular formula is C15H17NO3S. The topological polar surface area (TPSA) is 57.6 Å². The van der Waals surface area contributed by atoms with Crippen molar-refractivity contribution in [1.82, 2.24) is 4.90 Å². The van der Waals surface area contributed by atoms with Gasteiger partial charge in [0.25, 0.3) is 0 Å². The van der Waals surface area contributed by atoms with Crippen molar-refractivity contribution in [3.63, 3.8) is 0 Å². The molecule has 1 aromatic rings. The van der Waals surface area contributed by atoms with Crippen LogP contribution >= 0.6 is 11.8 Å². The van der Waals surface area contributed by atoms with E-state index in [9.17, 15) is 14.7 Å². The highest BCUT2D eigenvalue weighted by Gasteiger charge is 2.39. The van der Waals surface area contributed by atoms with Crippen LogP contribution in [0.4, 0.5) is 0 Å². The van der Waals surface area contributed by atoms with E-state index in [-0.39, 0.29) is 11.2 Å². The summed E-state index contributed by atoms with van der Waals surface area (Å²) in [6.45, 7) is 0.504. The third-order valence-corrected chi connectivity index (χ3v) is 5.37. The average Bonchev–Trinajstić information content (AvgIpc) is 2.99. The highest BCUT2D eigenvalue weighted by atomic mass is 32.2. The summed E-state index contributed by atoms with van der Waals surface area (Å²) in [5.74, 6) is 0.0568. The lowest BCUT2D eigenvalue weighted by Gasteiger charge is -2.36. The second-order valence-corrected chi connectivity index (χ2v) is 6.53. The maximum Gasteiger partial charge on any atom is 0.331 e. The number of fused-ring (bicyclic) bond motifs is 1. The molecule has 20 heavy (non-hydrogen) atoms. The Morgan fingerprint density at radius 3 is 2.80 bits per heavy atom. The van der Waals surface area contributed by atoms with Gasteiger partial charge in [-0.15, -0.1) is 11.8 Å². The number of carbonyl (C=O) groups excluding carboxylic acids is 1. The van der Waals surface area contributed by atoms with Gasteiger partial charge in [0, 0.05) is 6.54 Å². The fourth-order valence-corrected chi connectivity index (χ4v) is 4.26. The van der Waals surface area contributed by atoms with Crippen LogP contribution in [0.15, 0.2) is 24.3 Å². The van der Waals surface area contributed by atoms with Crippen molar-refractivity contribution in [3.05, 3.63) is 35.4 Å². The number of rotatable bonds is 2. The number of aliphatic carboxylic acids is 1. The van der Waals surface area contributed by atoms with Gasteiger partial charge in [0.2, 0.25) is 5.91 Å². The number of hydrogen-bond donors (Lipinski definition) is 1. The van der Waals surface area contributed by atoms with Gasteiger partial charge in [0.05, 0.1) is 5.25 Å². The van der Waals surface area contributed by atoms with Crippen molar-refractivity contribution >= 4 is 23.6 Å². The van der Waals surface area contributed by atoms with Gasteiger partial charge >= 0.3 is 5.97 Å². The maximum atomic E-state index is 12.6. The molecule has 2 atom stereocenters. The number of thioether (sulfide) groups is 1. The van der Waals surface area contributed by atoms with Gasteiger partial charge in [-0.3, -0.25) is 4.79 Å². The number of carboxylic acid groups (broad SMARTS) is 1. The van der Waals surface area contributed by atoms with E-state index >= 15 is 0 Å². The van der Waals surface area contributed by atoms with Crippen LogP contribution in [0, 0.1) is 0 Å². The Kier molecular flexibility index (Phi) is 3.70. The van der Waals surface area contributed by atoms with Crippen molar-refractivity contribution in [2.45, 2.75) is 30.6 Å². The average molecular weight is 291 g/mol. The number of nitrogens with zero attached hydrogens (tertiary/aromatic N) is 1.